The van der Waals surface area contributed by atoms with E-state index in [0.717, 1.165) is 32.1 Å². The molecule has 26 heavy (non-hydrogen) atoms. The molecule has 4 aliphatic rings. The van der Waals surface area contributed by atoms with E-state index in [1.165, 1.54) is 12.8 Å². The van der Waals surface area contributed by atoms with E-state index in [1.54, 1.807) is 0 Å². The van der Waals surface area contributed by atoms with Gasteiger partial charge in [-0.05, 0) is 85.4 Å². The number of carbonyl (C=O) groups is 1. The fourth-order valence-corrected chi connectivity index (χ4v) is 8.46. The van der Waals surface area contributed by atoms with Gasteiger partial charge in [-0.15, -0.1) is 0 Å². The quantitative estimate of drug-likeness (QED) is 0.779. The Balaban J connectivity index is 1.69. The highest BCUT2D eigenvalue weighted by molar-refractivity contribution is 5.85. The van der Waals surface area contributed by atoms with E-state index >= 15 is 0 Å². The highest BCUT2D eigenvalue weighted by Crippen LogP contribution is 2.68. The summed E-state index contributed by atoms with van der Waals surface area (Å²) in [6, 6.07) is 0. The van der Waals surface area contributed by atoms with Crippen LogP contribution in [-0.2, 0) is 4.79 Å². The molecular weight excluding hydrogens is 324 g/mol. The summed E-state index contributed by atoms with van der Waals surface area (Å²) in [6.45, 7) is 9.47. The fraction of sp³-hybridized carbons (Fsp3) is 0.957. The van der Waals surface area contributed by atoms with Crippen molar-refractivity contribution in [2.75, 3.05) is 6.61 Å². The van der Waals surface area contributed by atoms with Crippen LogP contribution in [0.4, 0.5) is 0 Å². The number of Topliss-reactive ketones (excluding diaryl/α,β-unsaturated/α-hetero) is 1. The predicted molar refractivity (Wildman–Crippen MR) is 102 cm³/mol. The SMILES string of the molecule is C[C@H](CO)[C@H]1CCC2C3C(=O)[C@H](C)[C@@H]4C[C@H](O)CC[C@]4(C)C3CC[C@@]21C. The highest BCUT2D eigenvalue weighted by atomic mass is 16.3. The fourth-order valence-electron chi connectivity index (χ4n) is 8.46. The predicted octanol–water partition coefficient (Wildman–Crippen LogP) is 4.06. The summed E-state index contributed by atoms with van der Waals surface area (Å²) in [6.07, 6.45) is 7.30. The van der Waals surface area contributed by atoms with Gasteiger partial charge >= 0.3 is 0 Å². The third-order valence-electron chi connectivity index (χ3n) is 9.94. The molecule has 4 aliphatic carbocycles. The second-order valence-electron chi connectivity index (χ2n) is 10.9. The Morgan fingerprint density at radius 3 is 2.38 bits per heavy atom. The Kier molecular flexibility index (Phi) is 4.59. The van der Waals surface area contributed by atoms with Crippen LogP contribution in [0.25, 0.3) is 0 Å². The third kappa shape index (κ3) is 2.42. The molecule has 3 nitrogen and oxygen atoms in total. The van der Waals surface area contributed by atoms with Gasteiger partial charge in [0.15, 0.2) is 0 Å². The first-order valence-corrected chi connectivity index (χ1v) is 11.1. The minimum absolute atomic E-state index is 0.0906. The molecule has 0 aromatic rings. The van der Waals surface area contributed by atoms with Gasteiger partial charge in [0, 0.05) is 18.4 Å². The van der Waals surface area contributed by atoms with Crippen molar-refractivity contribution in [2.24, 2.45) is 52.3 Å². The Morgan fingerprint density at radius 2 is 1.69 bits per heavy atom. The topological polar surface area (TPSA) is 57.5 Å². The molecule has 4 fully saturated rings. The molecule has 0 aromatic heterocycles. The number of carbonyl (C=O) groups excluding carboxylic acids is 1. The van der Waals surface area contributed by atoms with E-state index in [1.807, 2.05) is 0 Å². The number of ketones is 1. The van der Waals surface area contributed by atoms with Crippen molar-refractivity contribution in [1.29, 1.82) is 0 Å². The summed E-state index contributed by atoms with van der Waals surface area (Å²) >= 11 is 0. The second-order valence-corrected chi connectivity index (χ2v) is 10.9. The highest BCUT2D eigenvalue weighted by Gasteiger charge is 2.64. The van der Waals surface area contributed by atoms with E-state index in [4.69, 9.17) is 0 Å². The van der Waals surface area contributed by atoms with Crippen LogP contribution in [0, 0.1) is 52.3 Å². The van der Waals surface area contributed by atoms with E-state index in [9.17, 15) is 15.0 Å². The average Bonchev–Trinajstić information content (AvgIpc) is 2.97. The molecule has 0 radical (unpaired) electrons. The lowest BCUT2D eigenvalue weighted by Crippen LogP contribution is -2.60. The number of rotatable bonds is 2. The molecule has 4 saturated carbocycles. The maximum atomic E-state index is 13.6. The van der Waals surface area contributed by atoms with Gasteiger partial charge in [0.1, 0.15) is 5.78 Å². The number of hydrogen-bond acceptors (Lipinski definition) is 3. The molecule has 10 atom stereocenters. The minimum Gasteiger partial charge on any atom is -0.396 e. The normalized spacial score (nSPS) is 55.0. The Hall–Kier alpha value is -0.410. The molecule has 148 valence electrons. The lowest BCUT2D eigenvalue weighted by molar-refractivity contribution is -0.171. The Labute approximate surface area is 158 Å². The zero-order valence-electron chi connectivity index (χ0n) is 17.1. The summed E-state index contributed by atoms with van der Waals surface area (Å²) < 4.78 is 0. The molecule has 0 heterocycles. The van der Waals surface area contributed by atoms with Crippen LogP contribution in [0.5, 0.6) is 0 Å². The summed E-state index contributed by atoms with van der Waals surface area (Å²) in [5, 5.41) is 20.0. The van der Waals surface area contributed by atoms with Gasteiger partial charge in [-0.3, -0.25) is 4.79 Å². The lowest BCUT2D eigenvalue weighted by atomic mass is 9.42. The first-order valence-electron chi connectivity index (χ1n) is 11.1. The molecule has 3 heteroatoms. The first-order chi connectivity index (χ1) is 12.2. The molecule has 0 bridgehead atoms. The zero-order valence-corrected chi connectivity index (χ0v) is 17.1. The van der Waals surface area contributed by atoms with Crippen molar-refractivity contribution in [3.8, 4) is 0 Å². The molecule has 2 N–H and O–H groups in total. The van der Waals surface area contributed by atoms with Crippen LogP contribution < -0.4 is 0 Å². The number of aliphatic hydroxyl groups excluding tert-OH is 2. The van der Waals surface area contributed by atoms with Crippen LogP contribution in [0.2, 0.25) is 0 Å². The number of hydrogen-bond donors (Lipinski definition) is 2. The molecule has 0 aromatic carbocycles. The van der Waals surface area contributed by atoms with Crippen LogP contribution in [-0.4, -0.2) is 28.7 Å². The standard InChI is InChI=1S/C23H38O3/c1-13(12-24)16-5-6-17-20-18(8-10-22(16,17)3)23(4)9-7-15(25)11-19(23)14(2)21(20)26/h13-20,24-25H,5-12H2,1-4H3/t13-,14-,15-,16-,17?,18?,19+,20?,22-,23-/m1/s1. The first kappa shape index (κ1) is 18.9. The van der Waals surface area contributed by atoms with Crippen LogP contribution in [0.15, 0.2) is 0 Å². The van der Waals surface area contributed by atoms with E-state index in [0.29, 0.717) is 35.4 Å². The van der Waals surface area contributed by atoms with E-state index in [2.05, 4.69) is 27.7 Å². The molecular formula is C23H38O3. The van der Waals surface area contributed by atoms with Crippen molar-refractivity contribution in [3.63, 3.8) is 0 Å². The van der Waals surface area contributed by atoms with Gasteiger partial charge in [-0.25, -0.2) is 0 Å². The van der Waals surface area contributed by atoms with Gasteiger partial charge in [-0.2, -0.15) is 0 Å². The van der Waals surface area contributed by atoms with Gasteiger partial charge in [0.05, 0.1) is 6.10 Å². The number of fused-ring (bicyclic) bond motifs is 5. The van der Waals surface area contributed by atoms with E-state index in [-0.39, 0.29) is 35.4 Å². The zero-order chi connectivity index (χ0) is 18.9. The summed E-state index contributed by atoms with van der Waals surface area (Å²) in [5.74, 6) is 3.07. The molecule has 0 amide bonds. The van der Waals surface area contributed by atoms with Crippen LogP contribution in [0.1, 0.15) is 72.6 Å². The molecule has 0 saturated heterocycles. The smallest absolute Gasteiger partial charge is 0.139 e. The second kappa shape index (κ2) is 6.30. The maximum absolute atomic E-state index is 13.6. The van der Waals surface area contributed by atoms with Crippen molar-refractivity contribution < 1.29 is 15.0 Å². The van der Waals surface area contributed by atoms with Crippen molar-refractivity contribution in [3.05, 3.63) is 0 Å². The largest absolute Gasteiger partial charge is 0.396 e. The van der Waals surface area contributed by atoms with Gasteiger partial charge in [0.25, 0.3) is 0 Å². The average molecular weight is 363 g/mol. The minimum atomic E-state index is -0.213. The van der Waals surface area contributed by atoms with Gasteiger partial charge in [0.2, 0.25) is 0 Å². The molecule has 0 aliphatic heterocycles. The van der Waals surface area contributed by atoms with Crippen LogP contribution in [0.3, 0.4) is 0 Å². The van der Waals surface area contributed by atoms with Crippen LogP contribution >= 0.6 is 0 Å². The summed E-state index contributed by atoms with van der Waals surface area (Å²) in [4.78, 5) is 13.6. The Morgan fingerprint density at radius 1 is 1.04 bits per heavy atom. The van der Waals surface area contributed by atoms with Gasteiger partial charge in [-0.1, -0.05) is 27.7 Å². The van der Waals surface area contributed by atoms with E-state index < -0.39 is 0 Å². The van der Waals surface area contributed by atoms with Crippen molar-refractivity contribution in [2.45, 2.75) is 78.7 Å². The number of aliphatic hydroxyl groups is 2. The lowest BCUT2D eigenvalue weighted by Gasteiger charge is -2.62. The van der Waals surface area contributed by atoms with Gasteiger partial charge < -0.3 is 10.2 Å². The monoisotopic (exact) mass is 362 g/mol. The molecule has 0 spiro atoms. The van der Waals surface area contributed by atoms with Crippen molar-refractivity contribution >= 4 is 5.78 Å². The summed E-state index contributed by atoms with van der Waals surface area (Å²) in [5.41, 5.74) is 0.440. The van der Waals surface area contributed by atoms with Crippen molar-refractivity contribution in [1.82, 2.24) is 0 Å². The Bertz CT molecular complexity index is 574. The third-order valence-corrected chi connectivity index (χ3v) is 9.94. The maximum Gasteiger partial charge on any atom is 0.139 e. The summed E-state index contributed by atoms with van der Waals surface area (Å²) in [7, 11) is 0. The molecule has 3 unspecified atom stereocenters. The molecule has 4 rings (SSSR count).